The highest BCUT2D eigenvalue weighted by Gasteiger charge is 2.07. The van der Waals surface area contributed by atoms with Gasteiger partial charge in [-0.2, -0.15) is 0 Å². The Morgan fingerprint density at radius 1 is 1.12 bits per heavy atom. The van der Waals surface area contributed by atoms with E-state index in [4.69, 9.17) is 0 Å². The smallest absolute Gasteiger partial charge is 0.127 e. The van der Waals surface area contributed by atoms with Crippen LogP contribution in [0, 0.1) is 17.4 Å². The van der Waals surface area contributed by atoms with Gasteiger partial charge < -0.3 is 0 Å². The molecule has 1 rings (SSSR count). The molecular weight excluding hydrogens is 220 g/mol. The van der Waals surface area contributed by atoms with Gasteiger partial charge in [-0.15, -0.1) is 5.54 Å². The Balaban J connectivity index is 3.03. The molecule has 0 bridgehead atoms. The molecule has 0 saturated carbocycles. The molecule has 0 heterocycles. The molecule has 1 aromatic rings. The molecule has 0 spiro atoms. The summed E-state index contributed by atoms with van der Waals surface area (Å²) in [6.45, 7) is 11.2. The molecule has 0 amide bonds. The standard InChI is InChI=1S/C16H22Si/c1-14(2)10-11-15-8-6-7-9-16(15)12-13-17(3,4)5/h6-11,14H,1-5H3. The first-order valence-corrected chi connectivity index (χ1v) is 9.69. The Morgan fingerprint density at radius 2 is 1.76 bits per heavy atom. The summed E-state index contributed by atoms with van der Waals surface area (Å²) < 4.78 is 0. The molecule has 1 heteroatoms. The third-order valence-electron chi connectivity index (χ3n) is 2.19. The molecule has 0 aliphatic heterocycles. The molecule has 17 heavy (non-hydrogen) atoms. The zero-order valence-electron chi connectivity index (χ0n) is 11.5. The van der Waals surface area contributed by atoms with Gasteiger partial charge in [-0.05, 0) is 17.5 Å². The van der Waals surface area contributed by atoms with E-state index in [0.717, 1.165) is 5.56 Å². The van der Waals surface area contributed by atoms with Crippen LogP contribution in [-0.2, 0) is 0 Å². The second-order valence-corrected chi connectivity index (χ2v) is 10.4. The maximum Gasteiger partial charge on any atom is 0.129 e. The maximum atomic E-state index is 3.42. The summed E-state index contributed by atoms with van der Waals surface area (Å²) >= 11 is 0. The van der Waals surface area contributed by atoms with Gasteiger partial charge >= 0.3 is 0 Å². The number of hydrogen-bond acceptors (Lipinski definition) is 0. The summed E-state index contributed by atoms with van der Waals surface area (Å²) in [5, 5.41) is 0. The molecular formula is C16H22Si. The van der Waals surface area contributed by atoms with E-state index in [2.05, 4.69) is 81.4 Å². The SMILES string of the molecule is CC(C)C=Cc1ccccc1C#C[Si](C)(C)C. The van der Waals surface area contributed by atoms with Crippen LogP contribution in [-0.4, -0.2) is 8.07 Å². The number of benzene rings is 1. The lowest BCUT2D eigenvalue weighted by Gasteiger charge is -2.04. The monoisotopic (exact) mass is 242 g/mol. The van der Waals surface area contributed by atoms with Gasteiger partial charge in [0.1, 0.15) is 8.07 Å². The van der Waals surface area contributed by atoms with E-state index in [1.54, 1.807) is 0 Å². The normalized spacial score (nSPS) is 11.6. The highest BCUT2D eigenvalue weighted by molar-refractivity contribution is 6.83. The Bertz CT molecular complexity index is 450. The van der Waals surface area contributed by atoms with Crippen molar-refractivity contribution >= 4 is 14.1 Å². The minimum absolute atomic E-state index is 0.577. The van der Waals surface area contributed by atoms with Crippen molar-refractivity contribution in [2.45, 2.75) is 33.5 Å². The summed E-state index contributed by atoms with van der Waals surface area (Å²) in [4.78, 5) is 0. The topological polar surface area (TPSA) is 0 Å². The molecule has 90 valence electrons. The molecule has 0 aromatic heterocycles. The first-order valence-electron chi connectivity index (χ1n) is 6.19. The van der Waals surface area contributed by atoms with Crippen LogP contribution in [0.2, 0.25) is 19.6 Å². The van der Waals surface area contributed by atoms with Crippen LogP contribution < -0.4 is 0 Å². The molecule has 1 aromatic carbocycles. The van der Waals surface area contributed by atoms with Gasteiger partial charge in [0, 0.05) is 5.56 Å². The fourth-order valence-electron chi connectivity index (χ4n) is 1.31. The average molecular weight is 242 g/mol. The molecule has 0 unspecified atom stereocenters. The van der Waals surface area contributed by atoms with Crippen molar-refractivity contribution in [3.63, 3.8) is 0 Å². The van der Waals surface area contributed by atoms with Gasteiger partial charge in [-0.3, -0.25) is 0 Å². The quantitative estimate of drug-likeness (QED) is 0.526. The predicted molar refractivity (Wildman–Crippen MR) is 80.5 cm³/mol. The summed E-state index contributed by atoms with van der Waals surface area (Å²) in [7, 11) is -1.29. The van der Waals surface area contributed by atoms with E-state index < -0.39 is 8.07 Å². The Kier molecular flexibility index (Phi) is 4.78. The van der Waals surface area contributed by atoms with E-state index in [0.29, 0.717) is 5.92 Å². The van der Waals surface area contributed by atoms with Gasteiger partial charge in [0.05, 0.1) is 0 Å². The van der Waals surface area contributed by atoms with E-state index in [1.165, 1.54) is 5.56 Å². The molecule has 0 aliphatic carbocycles. The van der Waals surface area contributed by atoms with Crippen molar-refractivity contribution in [1.82, 2.24) is 0 Å². The van der Waals surface area contributed by atoms with Crippen molar-refractivity contribution < 1.29 is 0 Å². The van der Waals surface area contributed by atoms with E-state index in [1.807, 2.05) is 0 Å². The van der Waals surface area contributed by atoms with Gasteiger partial charge in [-0.25, -0.2) is 0 Å². The third-order valence-corrected chi connectivity index (χ3v) is 3.07. The fourth-order valence-corrected chi connectivity index (χ4v) is 1.82. The van der Waals surface area contributed by atoms with Crippen molar-refractivity contribution in [3.05, 3.63) is 41.5 Å². The first-order chi connectivity index (χ1) is 7.88. The predicted octanol–water partition coefficient (Wildman–Crippen LogP) is 4.58. The Morgan fingerprint density at radius 3 is 2.35 bits per heavy atom. The Hall–Kier alpha value is -1.26. The minimum atomic E-state index is -1.29. The Labute approximate surface area is 107 Å². The molecule has 0 N–H and O–H groups in total. The van der Waals surface area contributed by atoms with Crippen LogP contribution in [0.1, 0.15) is 25.0 Å². The van der Waals surface area contributed by atoms with Crippen LogP contribution in [0.15, 0.2) is 30.3 Å². The molecule has 0 radical (unpaired) electrons. The lowest BCUT2D eigenvalue weighted by Crippen LogP contribution is -2.16. The second kappa shape index (κ2) is 5.89. The van der Waals surface area contributed by atoms with Crippen molar-refractivity contribution in [1.29, 1.82) is 0 Å². The van der Waals surface area contributed by atoms with Gasteiger partial charge in [0.2, 0.25) is 0 Å². The highest BCUT2D eigenvalue weighted by atomic mass is 28.3. The molecule has 0 nitrogen and oxygen atoms in total. The second-order valence-electron chi connectivity index (χ2n) is 5.69. The van der Waals surface area contributed by atoms with Crippen molar-refractivity contribution in [2.24, 2.45) is 5.92 Å². The molecule has 0 saturated heterocycles. The summed E-state index contributed by atoms with van der Waals surface area (Å²) in [5.74, 6) is 3.91. The van der Waals surface area contributed by atoms with Gasteiger partial charge in [0.25, 0.3) is 0 Å². The summed E-state index contributed by atoms with van der Waals surface area (Å²) in [6.07, 6.45) is 4.40. The van der Waals surface area contributed by atoms with E-state index in [9.17, 15) is 0 Å². The third kappa shape index (κ3) is 5.56. The molecule has 0 atom stereocenters. The average Bonchev–Trinajstić information content (AvgIpc) is 2.23. The molecule has 0 aliphatic rings. The van der Waals surface area contributed by atoms with Crippen LogP contribution in [0.3, 0.4) is 0 Å². The van der Waals surface area contributed by atoms with Crippen LogP contribution in [0.4, 0.5) is 0 Å². The van der Waals surface area contributed by atoms with Gasteiger partial charge in [-0.1, -0.05) is 69.8 Å². The zero-order valence-corrected chi connectivity index (χ0v) is 12.5. The maximum absolute atomic E-state index is 3.42. The lowest BCUT2D eigenvalue weighted by atomic mass is 10.1. The first kappa shape index (κ1) is 13.8. The summed E-state index contributed by atoms with van der Waals surface area (Å²) in [6, 6.07) is 8.36. The summed E-state index contributed by atoms with van der Waals surface area (Å²) in [5.41, 5.74) is 5.80. The van der Waals surface area contributed by atoms with Crippen LogP contribution in [0.5, 0.6) is 0 Å². The minimum Gasteiger partial charge on any atom is -0.127 e. The lowest BCUT2D eigenvalue weighted by molar-refractivity contribution is 0.836. The van der Waals surface area contributed by atoms with Crippen LogP contribution in [0.25, 0.3) is 6.08 Å². The molecule has 0 fully saturated rings. The zero-order chi connectivity index (χ0) is 12.9. The highest BCUT2D eigenvalue weighted by Crippen LogP contribution is 2.11. The fraction of sp³-hybridized carbons (Fsp3) is 0.375. The largest absolute Gasteiger partial charge is 0.129 e. The van der Waals surface area contributed by atoms with E-state index in [-0.39, 0.29) is 0 Å². The van der Waals surface area contributed by atoms with E-state index >= 15 is 0 Å². The van der Waals surface area contributed by atoms with Crippen molar-refractivity contribution in [2.75, 3.05) is 0 Å². The van der Waals surface area contributed by atoms with Crippen molar-refractivity contribution in [3.8, 4) is 11.5 Å². The van der Waals surface area contributed by atoms with Crippen LogP contribution >= 0.6 is 0 Å². The number of rotatable bonds is 2. The number of allylic oxidation sites excluding steroid dienone is 1. The number of hydrogen-bond donors (Lipinski definition) is 0. The van der Waals surface area contributed by atoms with Gasteiger partial charge in [0.15, 0.2) is 0 Å².